The SMILES string of the molecule is CNCc1ccccc1-c1csc([C@@H](C)Nc2nccc3cnc(N4CCOCC4)cc23)c1. The molecule has 5 rings (SSSR count). The van der Waals surface area contributed by atoms with Crippen LogP contribution in [0.5, 0.6) is 0 Å². The smallest absolute Gasteiger partial charge is 0.134 e. The van der Waals surface area contributed by atoms with E-state index in [1.807, 2.05) is 25.5 Å². The van der Waals surface area contributed by atoms with Crippen molar-refractivity contribution in [2.45, 2.75) is 19.5 Å². The van der Waals surface area contributed by atoms with Crippen molar-refractivity contribution >= 4 is 33.7 Å². The molecule has 0 bridgehead atoms. The Labute approximate surface area is 198 Å². The lowest BCUT2D eigenvalue weighted by Gasteiger charge is -2.28. The van der Waals surface area contributed by atoms with Crippen molar-refractivity contribution in [3.8, 4) is 11.1 Å². The molecule has 4 aromatic rings. The molecule has 1 aliphatic heterocycles. The van der Waals surface area contributed by atoms with Crippen molar-refractivity contribution in [2.75, 3.05) is 43.6 Å². The van der Waals surface area contributed by atoms with Crippen LogP contribution in [0, 0.1) is 0 Å². The van der Waals surface area contributed by atoms with Gasteiger partial charge in [-0.05, 0) is 54.2 Å². The number of ether oxygens (including phenoxy) is 1. The summed E-state index contributed by atoms with van der Waals surface area (Å²) in [6.45, 7) is 6.27. The molecule has 0 saturated carbocycles. The number of anilines is 2. The predicted molar refractivity (Wildman–Crippen MR) is 137 cm³/mol. The largest absolute Gasteiger partial charge is 0.378 e. The van der Waals surface area contributed by atoms with E-state index in [9.17, 15) is 0 Å². The zero-order valence-corrected chi connectivity index (χ0v) is 19.9. The Hall–Kier alpha value is -3.00. The second-order valence-corrected chi connectivity index (χ2v) is 9.26. The van der Waals surface area contributed by atoms with Gasteiger partial charge in [-0.1, -0.05) is 24.3 Å². The number of hydrogen-bond donors (Lipinski definition) is 2. The maximum Gasteiger partial charge on any atom is 0.134 e. The first-order valence-electron chi connectivity index (χ1n) is 11.4. The van der Waals surface area contributed by atoms with Gasteiger partial charge in [0.25, 0.3) is 0 Å². The molecule has 0 spiro atoms. The molecule has 6 nitrogen and oxygen atoms in total. The summed E-state index contributed by atoms with van der Waals surface area (Å²) in [5.41, 5.74) is 3.86. The van der Waals surface area contributed by atoms with E-state index >= 15 is 0 Å². The first kappa shape index (κ1) is 21.8. The van der Waals surface area contributed by atoms with E-state index in [-0.39, 0.29) is 6.04 Å². The van der Waals surface area contributed by atoms with Crippen LogP contribution in [0.25, 0.3) is 21.9 Å². The van der Waals surface area contributed by atoms with Crippen LogP contribution in [0.1, 0.15) is 23.4 Å². The minimum absolute atomic E-state index is 0.137. The van der Waals surface area contributed by atoms with Gasteiger partial charge >= 0.3 is 0 Å². The van der Waals surface area contributed by atoms with Gasteiger partial charge in [0.05, 0.1) is 19.3 Å². The average Bonchev–Trinajstić information content (AvgIpc) is 3.35. The van der Waals surface area contributed by atoms with Crippen LogP contribution in [0.15, 0.2) is 60.2 Å². The van der Waals surface area contributed by atoms with Gasteiger partial charge in [0.1, 0.15) is 11.6 Å². The number of nitrogens with one attached hydrogen (secondary N) is 2. The molecule has 1 atom stereocenters. The summed E-state index contributed by atoms with van der Waals surface area (Å²) in [6, 6.07) is 15.2. The summed E-state index contributed by atoms with van der Waals surface area (Å²) < 4.78 is 5.49. The summed E-state index contributed by atoms with van der Waals surface area (Å²) in [6.07, 6.45) is 3.79. The first-order chi connectivity index (χ1) is 16.2. The summed E-state index contributed by atoms with van der Waals surface area (Å²) in [5, 5.41) is 11.4. The molecular formula is C26H29N5OS. The number of thiophene rings is 1. The number of rotatable bonds is 7. The van der Waals surface area contributed by atoms with Crippen LogP contribution in [-0.4, -0.2) is 43.3 Å². The Morgan fingerprint density at radius 2 is 1.97 bits per heavy atom. The quantitative estimate of drug-likeness (QED) is 0.402. The first-order valence-corrected chi connectivity index (χ1v) is 12.3. The monoisotopic (exact) mass is 459 g/mol. The molecule has 0 amide bonds. The molecule has 33 heavy (non-hydrogen) atoms. The van der Waals surface area contributed by atoms with Crippen LogP contribution in [0.3, 0.4) is 0 Å². The van der Waals surface area contributed by atoms with E-state index in [0.717, 1.165) is 55.3 Å². The van der Waals surface area contributed by atoms with Gasteiger partial charge in [-0.25, -0.2) is 9.97 Å². The number of pyridine rings is 2. The molecule has 2 N–H and O–H groups in total. The van der Waals surface area contributed by atoms with Gasteiger partial charge < -0.3 is 20.3 Å². The molecule has 0 radical (unpaired) electrons. The molecule has 1 fully saturated rings. The zero-order chi connectivity index (χ0) is 22.6. The number of fused-ring (bicyclic) bond motifs is 1. The maximum absolute atomic E-state index is 5.49. The van der Waals surface area contributed by atoms with Gasteiger partial charge in [0, 0.05) is 47.7 Å². The second kappa shape index (κ2) is 9.87. The number of morpholine rings is 1. The fraction of sp³-hybridized carbons (Fsp3) is 0.308. The Balaban J connectivity index is 1.40. The van der Waals surface area contributed by atoms with Crippen LogP contribution in [-0.2, 0) is 11.3 Å². The third-order valence-electron chi connectivity index (χ3n) is 6.06. The van der Waals surface area contributed by atoms with Gasteiger partial charge in [-0.2, -0.15) is 0 Å². The highest BCUT2D eigenvalue weighted by molar-refractivity contribution is 7.10. The van der Waals surface area contributed by atoms with E-state index in [4.69, 9.17) is 4.74 Å². The molecule has 1 saturated heterocycles. The van der Waals surface area contributed by atoms with E-state index in [0.29, 0.717) is 0 Å². The van der Waals surface area contributed by atoms with Gasteiger partial charge in [-0.15, -0.1) is 11.3 Å². The number of benzene rings is 1. The third-order valence-corrected chi connectivity index (χ3v) is 7.18. The molecule has 170 valence electrons. The fourth-order valence-corrected chi connectivity index (χ4v) is 5.19. The van der Waals surface area contributed by atoms with Gasteiger partial charge in [0.15, 0.2) is 0 Å². The minimum Gasteiger partial charge on any atom is -0.378 e. The number of nitrogens with zero attached hydrogens (tertiary/aromatic N) is 3. The fourth-order valence-electron chi connectivity index (χ4n) is 4.28. The Bertz CT molecular complexity index is 1230. The van der Waals surface area contributed by atoms with Crippen molar-refractivity contribution in [3.63, 3.8) is 0 Å². The molecule has 0 aliphatic carbocycles. The number of aromatic nitrogens is 2. The zero-order valence-electron chi connectivity index (χ0n) is 19.0. The van der Waals surface area contributed by atoms with Gasteiger partial charge in [-0.3, -0.25) is 0 Å². The Morgan fingerprint density at radius 1 is 1.12 bits per heavy atom. The summed E-state index contributed by atoms with van der Waals surface area (Å²) >= 11 is 1.78. The molecule has 3 aromatic heterocycles. The predicted octanol–water partition coefficient (Wildman–Crippen LogP) is 5.09. The summed E-state index contributed by atoms with van der Waals surface area (Å²) in [4.78, 5) is 12.9. The van der Waals surface area contributed by atoms with E-state index < -0.39 is 0 Å². The topological polar surface area (TPSA) is 62.3 Å². The van der Waals surface area contributed by atoms with E-state index in [1.165, 1.54) is 21.6 Å². The summed E-state index contributed by atoms with van der Waals surface area (Å²) in [7, 11) is 1.99. The normalized spacial score (nSPS) is 15.0. The minimum atomic E-state index is 0.137. The van der Waals surface area contributed by atoms with E-state index in [2.05, 4.69) is 74.2 Å². The van der Waals surface area contributed by atoms with Crippen molar-refractivity contribution < 1.29 is 4.74 Å². The molecule has 1 aliphatic rings. The summed E-state index contributed by atoms with van der Waals surface area (Å²) in [5.74, 6) is 1.87. The molecule has 4 heterocycles. The third kappa shape index (κ3) is 4.71. The highest BCUT2D eigenvalue weighted by atomic mass is 32.1. The maximum atomic E-state index is 5.49. The van der Waals surface area contributed by atoms with Crippen molar-refractivity contribution in [1.29, 1.82) is 0 Å². The van der Waals surface area contributed by atoms with Crippen LogP contribution in [0.2, 0.25) is 0 Å². The average molecular weight is 460 g/mol. The lowest BCUT2D eigenvalue weighted by atomic mass is 10.0. The lowest BCUT2D eigenvalue weighted by Crippen LogP contribution is -2.36. The number of hydrogen-bond acceptors (Lipinski definition) is 7. The van der Waals surface area contributed by atoms with Crippen molar-refractivity contribution in [3.05, 3.63) is 70.7 Å². The second-order valence-electron chi connectivity index (χ2n) is 8.31. The molecule has 0 unspecified atom stereocenters. The lowest BCUT2D eigenvalue weighted by molar-refractivity contribution is 0.122. The van der Waals surface area contributed by atoms with Crippen LogP contribution < -0.4 is 15.5 Å². The van der Waals surface area contributed by atoms with E-state index in [1.54, 1.807) is 11.3 Å². The molecular weight excluding hydrogens is 430 g/mol. The van der Waals surface area contributed by atoms with Crippen molar-refractivity contribution in [2.24, 2.45) is 0 Å². The van der Waals surface area contributed by atoms with Crippen LogP contribution in [0.4, 0.5) is 11.6 Å². The molecule has 1 aromatic carbocycles. The van der Waals surface area contributed by atoms with Crippen molar-refractivity contribution in [1.82, 2.24) is 15.3 Å². The Morgan fingerprint density at radius 3 is 2.82 bits per heavy atom. The highest BCUT2D eigenvalue weighted by Crippen LogP contribution is 2.34. The highest BCUT2D eigenvalue weighted by Gasteiger charge is 2.16. The standard InChI is InChI=1S/C26H29N5OS/c1-18(24-13-21(17-33-24)22-6-4-3-5-19(22)15-27-2)30-26-23-14-25(31-9-11-32-12-10-31)29-16-20(23)7-8-28-26/h3-8,13-14,16-18,27H,9-12,15H2,1-2H3,(H,28,30)/t18-/m1/s1. The molecule has 7 heteroatoms. The van der Waals surface area contributed by atoms with Gasteiger partial charge in [0.2, 0.25) is 0 Å². The van der Waals surface area contributed by atoms with Crippen LogP contribution >= 0.6 is 11.3 Å². The Kier molecular flexibility index (Phi) is 6.53.